The van der Waals surface area contributed by atoms with Crippen molar-refractivity contribution in [1.29, 1.82) is 0 Å². The molecule has 0 unspecified atom stereocenters. The normalized spacial score (nSPS) is 18.7. The fourth-order valence-corrected chi connectivity index (χ4v) is 3.23. The van der Waals surface area contributed by atoms with Crippen molar-refractivity contribution in [3.8, 4) is 11.6 Å². The van der Waals surface area contributed by atoms with Crippen LogP contribution in [-0.2, 0) is 10.3 Å². The number of rotatable bonds is 4. The van der Waals surface area contributed by atoms with Crippen LogP contribution in [0.25, 0.3) is 0 Å². The average Bonchev–Trinajstić information content (AvgIpc) is 3.25. The van der Waals surface area contributed by atoms with E-state index in [-0.39, 0.29) is 11.6 Å². The number of carbonyl (C=O) groups excluding carboxylic acids is 1. The van der Waals surface area contributed by atoms with E-state index in [1.807, 2.05) is 35.2 Å². The summed E-state index contributed by atoms with van der Waals surface area (Å²) in [6, 6.07) is 11.6. The number of halogens is 1. The summed E-state index contributed by atoms with van der Waals surface area (Å²) < 4.78 is 11.7. The zero-order valence-electron chi connectivity index (χ0n) is 12.4. The van der Waals surface area contributed by atoms with E-state index in [9.17, 15) is 4.79 Å². The quantitative estimate of drug-likeness (QED) is 0.808. The van der Waals surface area contributed by atoms with Crippen LogP contribution >= 0.6 is 15.9 Å². The third kappa shape index (κ3) is 2.67. The first kappa shape index (κ1) is 14.5. The van der Waals surface area contributed by atoms with Gasteiger partial charge >= 0.3 is 6.09 Å². The highest BCUT2D eigenvalue weighted by molar-refractivity contribution is 9.10. The lowest BCUT2D eigenvalue weighted by atomic mass is 10.0. The molecule has 1 aromatic carbocycles. The predicted molar refractivity (Wildman–Crippen MR) is 87.4 cm³/mol. The number of hydrogen-bond donors (Lipinski definition) is 0. The van der Waals surface area contributed by atoms with Crippen molar-refractivity contribution in [1.82, 2.24) is 9.88 Å². The molecule has 2 heterocycles. The Morgan fingerprint density at radius 1 is 1.17 bits per heavy atom. The monoisotopic (exact) mass is 374 g/mol. The van der Waals surface area contributed by atoms with Crippen LogP contribution in [0.3, 0.4) is 0 Å². The van der Waals surface area contributed by atoms with Gasteiger partial charge in [0, 0.05) is 16.7 Å². The first-order chi connectivity index (χ1) is 11.2. The molecule has 23 heavy (non-hydrogen) atoms. The van der Waals surface area contributed by atoms with Crippen molar-refractivity contribution in [3.63, 3.8) is 0 Å². The molecule has 0 atom stereocenters. The second kappa shape index (κ2) is 5.53. The van der Waals surface area contributed by atoms with Crippen molar-refractivity contribution < 1.29 is 14.3 Å². The SMILES string of the molecule is O=C1OCCN1C1(c2ccc(Oc3ccc(Br)cn3)cc2)CC1. The highest BCUT2D eigenvalue weighted by Crippen LogP contribution is 2.52. The van der Waals surface area contributed by atoms with Gasteiger partial charge in [0.1, 0.15) is 12.4 Å². The Hall–Kier alpha value is -2.08. The summed E-state index contributed by atoms with van der Waals surface area (Å²) in [7, 11) is 0. The third-order valence-corrected chi connectivity index (χ3v) is 4.78. The molecule has 1 saturated carbocycles. The van der Waals surface area contributed by atoms with Crippen LogP contribution in [-0.4, -0.2) is 29.1 Å². The zero-order chi connectivity index (χ0) is 15.9. The number of pyridine rings is 1. The number of carbonyl (C=O) groups is 1. The fraction of sp³-hybridized carbons (Fsp3) is 0.294. The van der Waals surface area contributed by atoms with Crippen molar-refractivity contribution >= 4 is 22.0 Å². The van der Waals surface area contributed by atoms with Crippen LogP contribution in [0.4, 0.5) is 4.79 Å². The maximum absolute atomic E-state index is 11.8. The van der Waals surface area contributed by atoms with Gasteiger partial charge in [-0.15, -0.1) is 0 Å². The summed E-state index contributed by atoms with van der Waals surface area (Å²) in [5.74, 6) is 1.27. The van der Waals surface area contributed by atoms with E-state index in [1.54, 1.807) is 12.3 Å². The van der Waals surface area contributed by atoms with Crippen molar-refractivity contribution in [2.45, 2.75) is 18.4 Å². The Morgan fingerprint density at radius 2 is 1.96 bits per heavy atom. The highest BCUT2D eigenvalue weighted by Gasteiger charge is 2.53. The highest BCUT2D eigenvalue weighted by atomic mass is 79.9. The van der Waals surface area contributed by atoms with Crippen LogP contribution in [0.5, 0.6) is 11.6 Å². The lowest BCUT2D eigenvalue weighted by molar-refractivity contribution is 0.143. The van der Waals surface area contributed by atoms with Gasteiger partial charge in [-0.3, -0.25) is 4.90 Å². The molecule has 1 aromatic heterocycles. The first-order valence-electron chi connectivity index (χ1n) is 7.52. The molecule has 118 valence electrons. The molecule has 1 amide bonds. The van der Waals surface area contributed by atoms with Gasteiger partial charge in [0.25, 0.3) is 0 Å². The van der Waals surface area contributed by atoms with Gasteiger partial charge in [-0.1, -0.05) is 12.1 Å². The van der Waals surface area contributed by atoms with E-state index in [0.29, 0.717) is 19.0 Å². The van der Waals surface area contributed by atoms with Gasteiger partial charge in [0.15, 0.2) is 0 Å². The van der Waals surface area contributed by atoms with Gasteiger partial charge < -0.3 is 9.47 Å². The van der Waals surface area contributed by atoms with Crippen LogP contribution in [0.1, 0.15) is 18.4 Å². The molecule has 0 radical (unpaired) electrons. The summed E-state index contributed by atoms with van der Waals surface area (Å²) in [4.78, 5) is 17.9. The average molecular weight is 375 g/mol. The smallest absolute Gasteiger partial charge is 0.410 e. The summed E-state index contributed by atoms with van der Waals surface area (Å²) in [5.41, 5.74) is 0.953. The summed E-state index contributed by atoms with van der Waals surface area (Å²) >= 11 is 3.35. The minimum Gasteiger partial charge on any atom is -0.448 e. The van der Waals surface area contributed by atoms with Crippen molar-refractivity contribution in [3.05, 3.63) is 52.6 Å². The van der Waals surface area contributed by atoms with Gasteiger partial charge in [0.2, 0.25) is 5.88 Å². The third-order valence-electron chi connectivity index (χ3n) is 4.32. The van der Waals surface area contributed by atoms with E-state index in [2.05, 4.69) is 20.9 Å². The van der Waals surface area contributed by atoms with Gasteiger partial charge in [0.05, 0.1) is 12.1 Å². The molecule has 1 saturated heterocycles. The molecule has 4 rings (SSSR count). The lowest BCUT2D eigenvalue weighted by Crippen LogP contribution is -2.35. The van der Waals surface area contributed by atoms with Gasteiger partial charge in [-0.05, 0) is 52.5 Å². The number of cyclic esters (lactones) is 1. The van der Waals surface area contributed by atoms with Crippen LogP contribution in [0.15, 0.2) is 47.1 Å². The molecule has 0 N–H and O–H groups in total. The Morgan fingerprint density at radius 3 is 2.52 bits per heavy atom. The Kier molecular flexibility index (Phi) is 3.49. The van der Waals surface area contributed by atoms with E-state index in [0.717, 1.165) is 28.6 Å². The molecule has 5 nitrogen and oxygen atoms in total. The number of ether oxygens (including phenoxy) is 2. The van der Waals surface area contributed by atoms with E-state index < -0.39 is 0 Å². The number of nitrogens with zero attached hydrogens (tertiary/aromatic N) is 2. The molecule has 1 aliphatic heterocycles. The molecule has 2 aliphatic rings. The largest absolute Gasteiger partial charge is 0.448 e. The minimum absolute atomic E-state index is 0.179. The van der Waals surface area contributed by atoms with Crippen LogP contribution < -0.4 is 4.74 Å². The van der Waals surface area contributed by atoms with E-state index >= 15 is 0 Å². The Labute approximate surface area is 142 Å². The number of aromatic nitrogens is 1. The number of benzene rings is 1. The maximum atomic E-state index is 11.8. The van der Waals surface area contributed by atoms with E-state index in [4.69, 9.17) is 9.47 Å². The maximum Gasteiger partial charge on any atom is 0.410 e. The van der Waals surface area contributed by atoms with E-state index in [1.165, 1.54) is 0 Å². The Balaban J connectivity index is 1.52. The summed E-state index contributed by atoms with van der Waals surface area (Å²) in [5, 5.41) is 0. The zero-order valence-corrected chi connectivity index (χ0v) is 14.0. The van der Waals surface area contributed by atoms with Crippen LogP contribution in [0, 0.1) is 0 Å². The second-order valence-corrected chi connectivity index (χ2v) is 6.65. The molecule has 1 aliphatic carbocycles. The molecule has 0 spiro atoms. The molecular formula is C17H15BrN2O3. The van der Waals surface area contributed by atoms with Crippen molar-refractivity contribution in [2.75, 3.05) is 13.2 Å². The molecule has 2 aromatic rings. The van der Waals surface area contributed by atoms with Gasteiger partial charge in [-0.2, -0.15) is 0 Å². The van der Waals surface area contributed by atoms with Crippen molar-refractivity contribution in [2.24, 2.45) is 0 Å². The van der Waals surface area contributed by atoms with Crippen LogP contribution in [0.2, 0.25) is 0 Å². The Bertz CT molecular complexity index is 727. The molecular weight excluding hydrogens is 360 g/mol. The first-order valence-corrected chi connectivity index (χ1v) is 8.31. The predicted octanol–water partition coefficient (Wildman–Crippen LogP) is 4.08. The fourth-order valence-electron chi connectivity index (χ4n) is 2.99. The van der Waals surface area contributed by atoms with Gasteiger partial charge in [-0.25, -0.2) is 9.78 Å². The second-order valence-electron chi connectivity index (χ2n) is 5.74. The molecule has 2 fully saturated rings. The number of amides is 1. The molecule has 6 heteroatoms. The topological polar surface area (TPSA) is 51.7 Å². The molecule has 0 bridgehead atoms. The summed E-state index contributed by atoms with van der Waals surface area (Å²) in [6.07, 6.45) is 3.46. The standard InChI is InChI=1S/C17H15BrN2O3/c18-13-3-6-15(19-11-13)23-14-4-1-12(2-5-14)17(7-8-17)20-9-10-22-16(20)21/h1-6,11H,7-10H2. The minimum atomic E-state index is -0.207. The number of hydrogen-bond acceptors (Lipinski definition) is 4. The lowest BCUT2D eigenvalue weighted by Gasteiger charge is -2.25. The summed E-state index contributed by atoms with van der Waals surface area (Å²) in [6.45, 7) is 1.15.